The molecule has 6 heteroatoms. The first-order valence-electron chi connectivity index (χ1n) is 7.35. The normalized spacial score (nSPS) is 14.1. The predicted molar refractivity (Wildman–Crippen MR) is 87.2 cm³/mol. The third-order valence-corrected chi connectivity index (χ3v) is 4.14. The number of hydrogen-bond acceptors (Lipinski definition) is 2. The van der Waals surface area contributed by atoms with Crippen molar-refractivity contribution in [2.24, 2.45) is 0 Å². The molecule has 23 heavy (non-hydrogen) atoms. The van der Waals surface area contributed by atoms with Gasteiger partial charge in [-0.3, -0.25) is 4.79 Å². The lowest BCUT2D eigenvalue weighted by Gasteiger charge is -2.18. The number of halogens is 3. The summed E-state index contributed by atoms with van der Waals surface area (Å²) in [6, 6.07) is 9.02. The minimum atomic E-state index is -1.11. The molecule has 0 radical (unpaired) electrons. The summed E-state index contributed by atoms with van der Waals surface area (Å²) in [7, 11) is 0. The first-order chi connectivity index (χ1) is 11.0. The summed E-state index contributed by atoms with van der Waals surface area (Å²) in [5.74, 6) is -2.76. The molecule has 1 saturated heterocycles. The molecule has 1 aliphatic heterocycles. The van der Waals surface area contributed by atoms with Crippen molar-refractivity contribution in [1.82, 2.24) is 0 Å². The van der Waals surface area contributed by atoms with Crippen LogP contribution in [0.5, 0.6) is 0 Å². The van der Waals surface area contributed by atoms with E-state index in [1.54, 1.807) is 6.07 Å². The molecule has 1 aliphatic rings. The lowest BCUT2D eigenvalue weighted by atomic mass is 10.2. The molecular weight excluding hydrogens is 322 g/mol. The van der Waals surface area contributed by atoms with Gasteiger partial charge in [-0.25, -0.2) is 8.78 Å². The van der Waals surface area contributed by atoms with E-state index in [0.717, 1.165) is 43.8 Å². The maximum absolute atomic E-state index is 13.3. The van der Waals surface area contributed by atoms with Gasteiger partial charge in [-0.15, -0.1) is 0 Å². The minimum Gasteiger partial charge on any atom is -0.371 e. The number of nitrogens with zero attached hydrogens (tertiary/aromatic N) is 1. The van der Waals surface area contributed by atoms with Crippen LogP contribution in [-0.4, -0.2) is 19.0 Å². The van der Waals surface area contributed by atoms with Gasteiger partial charge in [0.15, 0.2) is 11.6 Å². The fraction of sp³-hybridized carbons (Fsp3) is 0.235. The second-order valence-electron chi connectivity index (χ2n) is 5.44. The Morgan fingerprint density at radius 3 is 2.52 bits per heavy atom. The molecule has 2 aromatic carbocycles. The molecule has 1 amide bonds. The van der Waals surface area contributed by atoms with Gasteiger partial charge in [0, 0.05) is 24.5 Å². The highest BCUT2D eigenvalue weighted by Gasteiger charge is 2.16. The highest BCUT2D eigenvalue weighted by Crippen LogP contribution is 2.25. The van der Waals surface area contributed by atoms with Crippen molar-refractivity contribution in [2.75, 3.05) is 23.3 Å². The summed E-state index contributed by atoms with van der Waals surface area (Å²) in [4.78, 5) is 14.5. The smallest absolute Gasteiger partial charge is 0.257 e. The van der Waals surface area contributed by atoms with Crippen molar-refractivity contribution in [2.45, 2.75) is 12.8 Å². The van der Waals surface area contributed by atoms with E-state index in [-0.39, 0.29) is 10.6 Å². The molecule has 0 bridgehead atoms. The van der Waals surface area contributed by atoms with E-state index in [1.165, 1.54) is 0 Å². The zero-order chi connectivity index (χ0) is 16.4. The maximum atomic E-state index is 13.3. The summed E-state index contributed by atoms with van der Waals surface area (Å²) in [6.07, 6.45) is 2.31. The zero-order valence-corrected chi connectivity index (χ0v) is 13.0. The first-order valence-corrected chi connectivity index (χ1v) is 7.73. The van der Waals surface area contributed by atoms with Crippen LogP contribution in [0.15, 0.2) is 36.4 Å². The summed E-state index contributed by atoms with van der Waals surface area (Å²) in [6.45, 7) is 1.98. The molecule has 1 N–H and O–H groups in total. The molecular formula is C17H15ClF2N2O. The molecule has 0 saturated carbocycles. The van der Waals surface area contributed by atoms with Crippen molar-refractivity contribution in [1.29, 1.82) is 0 Å². The van der Waals surface area contributed by atoms with Gasteiger partial charge in [0.05, 0.1) is 10.6 Å². The molecule has 0 unspecified atom stereocenters. The average Bonchev–Trinajstić information content (AvgIpc) is 3.05. The van der Waals surface area contributed by atoms with Crippen LogP contribution >= 0.6 is 11.6 Å². The van der Waals surface area contributed by atoms with Crippen molar-refractivity contribution >= 4 is 28.9 Å². The maximum Gasteiger partial charge on any atom is 0.257 e. The Bertz CT molecular complexity index is 745. The van der Waals surface area contributed by atoms with Crippen molar-refractivity contribution < 1.29 is 13.6 Å². The number of nitrogens with one attached hydrogen (secondary N) is 1. The largest absolute Gasteiger partial charge is 0.371 e. The van der Waals surface area contributed by atoms with E-state index < -0.39 is 17.5 Å². The Kier molecular flexibility index (Phi) is 4.48. The van der Waals surface area contributed by atoms with Crippen molar-refractivity contribution in [3.8, 4) is 0 Å². The number of hydrogen-bond donors (Lipinski definition) is 1. The molecule has 0 aliphatic carbocycles. The highest BCUT2D eigenvalue weighted by molar-refractivity contribution is 6.34. The second-order valence-corrected chi connectivity index (χ2v) is 5.85. The number of anilines is 2. The van der Waals surface area contributed by atoms with E-state index in [1.807, 2.05) is 18.2 Å². The van der Waals surface area contributed by atoms with Gasteiger partial charge >= 0.3 is 0 Å². The van der Waals surface area contributed by atoms with Crippen molar-refractivity contribution in [3.63, 3.8) is 0 Å². The van der Waals surface area contributed by atoms with Crippen LogP contribution in [0, 0.1) is 11.6 Å². The molecule has 120 valence electrons. The highest BCUT2D eigenvalue weighted by atomic mass is 35.5. The predicted octanol–water partition coefficient (Wildman–Crippen LogP) is 4.47. The van der Waals surface area contributed by atoms with E-state index in [2.05, 4.69) is 10.2 Å². The molecule has 2 aromatic rings. The number of rotatable bonds is 3. The second kappa shape index (κ2) is 6.54. The summed E-state index contributed by atoms with van der Waals surface area (Å²) >= 11 is 5.82. The monoisotopic (exact) mass is 336 g/mol. The van der Waals surface area contributed by atoms with E-state index in [9.17, 15) is 13.6 Å². The van der Waals surface area contributed by atoms with Gasteiger partial charge in [0.1, 0.15) is 0 Å². The molecule has 3 rings (SSSR count). The molecule has 1 heterocycles. The van der Waals surface area contributed by atoms with Gasteiger partial charge in [-0.2, -0.15) is 0 Å². The van der Waals surface area contributed by atoms with Gasteiger partial charge < -0.3 is 10.2 Å². The van der Waals surface area contributed by atoms with Crippen LogP contribution < -0.4 is 10.2 Å². The number of amides is 1. The Balaban J connectivity index is 1.80. The summed E-state index contributed by atoms with van der Waals surface area (Å²) in [5, 5.41) is 2.54. The van der Waals surface area contributed by atoms with Crippen molar-refractivity contribution in [3.05, 3.63) is 58.6 Å². The number of carbonyl (C=O) groups excluding carboxylic acids is 1. The Morgan fingerprint density at radius 1 is 1.09 bits per heavy atom. The fourth-order valence-electron chi connectivity index (χ4n) is 2.65. The van der Waals surface area contributed by atoms with Crippen LogP contribution in [0.2, 0.25) is 5.02 Å². The lowest BCUT2D eigenvalue weighted by Crippen LogP contribution is -2.18. The lowest BCUT2D eigenvalue weighted by molar-refractivity contribution is 0.102. The molecule has 0 aromatic heterocycles. The SMILES string of the molecule is O=C(Nc1cccc(N2CCCC2)c1)c1cc(F)c(F)cc1Cl. The van der Waals surface area contributed by atoms with Crippen LogP contribution in [0.4, 0.5) is 20.2 Å². The third kappa shape index (κ3) is 3.45. The van der Waals surface area contributed by atoms with Crippen LogP contribution in [0.3, 0.4) is 0 Å². The first kappa shape index (κ1) is 15.7. The zero-order valence-electron chi connectivity index (χ0n) is 12.3. The van der Waals surface area contributed by atoms with E-state index in [4.69, 9.17) is 11.6 Å². The topological polar surface area (TPSA) is 32.3 Å². The molecule has 1 fully saturated rings. The summed E-state index contributed by atoms with van der Waals surface area (Å²) in [5.41, 5.74) is 1.51. The quantitative estimate of drug-likeness (QED) is 0.839. The average molecular weight is 337 g/mol. The number of carbonyl (C=O) groups is 1. The van der Waals surface area contributed by atoms with Gasteiger partial charge in [0.25, 0.3) is 5.91 Å². The Morgan fingerprint density at radius 2 is 1.78 bits per heavy atom. The molecule has 0 atom stereocenters. The third-order valence-electron chi connectivity index (χ3n) is 3.83. The Hall–Kier alpha value is -2.14. The van der Waals surface area contributed by atoms with Crippen LogP contribution in [0.25, 0.3) is 0 Å². The summed E-state index contributed by atoms with van der Waals surface area (Å²) < 4.78 is 26.4. The minimum absolute atomic E-state index is 0.0999. The standard InChI is InChI=1S/C17H15ClF2N2O/c18-14-10-16(20)15(19)9-13(14)17(23)21-11-4-3-5-12(8-11)22-6-1-2-7-22/h3-5,8-10H,1-2,6-7H2,(H,21,23). The number of benzene rings is 2. The van der Waals surface area contributed by atoms with E-state index >= 15 is 0 Å². The Labute approximate surface area is 137 Å². The fourth-order valence-corrected chi connectivity index (χ4v) is 2.89. The van der Waals surface area contributed by atoms with Gasteiger partial charge in [-0.1, -0.05) is 17.7 Å². The van der Waals surface area contributed by atoms with Gasteiger partial charge in [-0.05, 0) is 43.2 Å². The molecule has 0 spiro atoms. The molecule has 3 nitrogen and oxygen atoms in total. The van der Waals surface area contributed by atoms with Crippen LogP contribution in [0.1, 0.15) is 23.2 Å². The van der Waals surface area contributed by atoms with E-state index in [0.29, 0.717) is 5.69 Å². The van der Waals surface area contributed by atoms with Gasteiger partial charge in [0.2, 0.25) is 0 Å². The van der Waals surface area contributed by atoms with Crippen LogP contribution in [-0.2, 0) is 0 Å².